The van der Waals surface area contributed by atoms with Gasteiger partial charge in [0.15, 0.2) is 0 Å². The zero-order valence-electron chi connectivity index (χ0n) is 22.4. The Morgan fingerprint density at radius 3 is 2.58 bits per heavy atom. The van der Waals surface area contributed by atoms with Crippen molar-refractivity contribution in [2.45, 2.75) is 50.5 Å². The monoisotopic (exact) mass is 577 g/mol. The van der Waals surface area contributed by atoms with Crippen LogP contribution < -0.4 is 10.2 Å². The number of pyridine rings is 1. The summed E-state index contributed by atoms with van der Waals surface area (Å²) in [5.41, 5.74) is 2.84. The van der Waals surface area contributed by atoms with Gasteiger partial charge < -0.3 is 14.8 Å². The number of carbonyl (C=O) groups is 1. The van der Waals surface area contributed by atoms with Gasteiger partial charge in [-0.3, -0.25) is 9.78 Å². The molecule has 3 aromatic rings. The molecular formula is C30H32FN5O2S2. The molecule has 3 fully saturated rings. The number of hydrogen-bond donors (Lipinski definition) is 1. The number of amides is 1. The summed E-state index contributed by atoms with van der Waals surface area (Å²) in [5.74, 6) is 0.715. The average molecular weight is 578 g/mol. The van der Waals surface area contributed by atoms with Gasteiger partial charge in [-0.05, 0) is 55.0 Å². The molecule has 1 saturated heterocycles. The van der Waals surface area contributed by atoms with Gasteiger partial charge in [-0.15, -0.1) is 11.3 Å². The molecule has 4 atom stereocenters. The number of benzene rings is 1. The van der Waals surface area contributed by atoms with Crippen LogP contribution in [-0.4, -0.2) is 50.6 Å². The molecule has 6 rings (SSSR count). The van der Waals surface area contributed by atoms with E-state index in [2.05, 4.69) is 45.5 Å². The molecule has 2 aromatic heterocycles. The van der Waals surface area contributed by atoms with Gasteiger partial charge in [-0.25, -0.2) is 9.37 Å². The summed E-state index contributed by atoms with van der Waals surface area (Å²) in [4.78, 5) is 26.2. The normalized spacial score (nSPS) is 26.8. The highest BCUT2D eigenvalue weighted by molar-refractivity contribution is 7.91. The number of nitriles is 1. The third-order valence-corrected chi connectivity index (χ3v) is 11.0. The van der Waals surface area contributed by atoms with E-state index in [1.54, 1.807) is 6.07 Å². The van der Waals surface area contributed by atoms with E-state index in [0.717, 1.165) is 60.6 Å². The van der Waals surface area contributed by atoms with Crippen molar-refractivity contribution in [1.29, 1.82) is 5.26 Å². The van der Waals surface area contributed by atoms with Gasteiger partial charge in [0, 0.05) is 17.5 Å². The first-order valence-electron chi connectivity index (χ1n) is 13.9. The number of carbonyl (C=O) groups excluding carboxylic acids is 1. The highest BCUT2D eigenvalue weighted by atomic mass is 32.2. The minimum atomic E-state index is -0.746. The van der Waals surface area contributed by atoms with Gasteiger partial charge in [-0.2, -0.15) is 5.26 Å². The van der Waals surface area contributed by atoms with Crippen LogP contribution >= 0.6 is 11.3 Å². The predicted octanol–water partition coefficient (Wildman–Crippen LogP) is 5.27. The fourth-order valence-electron chi connectivity index (χ4n) is 5.99. The Labute approximate surface area is 241 Å². The number of halogens is 1. The van der Waals surface area contributed by atoms with Crippen LogP contribution in [0.3, 0.4) is 0 Å². The van der Waals surface area contributed by atoms with E-state index in [9.17, 15) is 19.0 Å². The van der Waals surface area contributed by atoms with Crippen LogP contribution in [0.2, 0.25) is 0 Å². The van der Waals surface area contributed by atoms with Crippen LogP contribution in [-0.2, 0) is 16.0 Å². The van der Waals surface area contributed by atoms with Crippen molar-refractivity contribution in [2.24, 2.45) is 11.8 Å². The molecule has 7 nitrogen and oxygen atoms in total. The molecule has 0 radical (unpaired) electrons. The average Bonchev–Trinajstić information content (AvgIpc) is 3.41. The fraction of sp³-hybridized carbons (Fsp3) is 0.467. The topological polar surface area (TPSA) is 105 Å². The van der Waals surface area contributed by atoms with E-state index < -0.39 is 22.5 Å². The van der Waals surface area contributed by atoms with Crippen molar-refractivity contribution in [3.8, 4) is 27.2 Å². The van der Waals surface area contributed by atoms with Gasteiger partial charge in [0.1, 0.15) is 27.9 Å². The SMILES string of the molecule is CC1CC1(C#N)NC(=O)C1CCCC[C@H]1c1nc(-c2ccc(F)cn2)sc1-c1ccc(N2CC[S+]([O-])CC2)cc1. The number of nitrogens with zero attached hydrogens (tertiary/aromatic N) is 4. The van der Waals surface area contributed by atoms with Crippen molar-refractivity contribution in [3.63, 3.8) is 0 Å². The lowest BCUT2D eigenvalue weighted by Crippen LogP contribution is -2.43. The number of anilines is 1. The summed E-state index contributed by atoms with van der Waals surface area (Å²) in [6.07, 6.45) is 5.45. The van der Waals surface area contributed by atoms with Crippen molar-refractivity contribution < 1.29 is 13.7 Å². The number of rotatable bonds is 6. The molecule has 1 N–H and O–H groups in total. The van der Waals surface area contributed by atoms with Crippen LogP contribution in [0.1, 0.15) is 50.6 Å². The summed E-state index contributed by atoms with van der Waals surface area (Å²) in [5, 5.41) is 13.5. The number of nitrogens with one attached hydrogen (secondary N) is 1. The van der Waals surface area contributed by atoms with E-state index >= 15 is 0 Å². The highest BCUT2D eigenvalue weighted by Crippen LogP contribution is 2.47. The maximum absolute atomic E-state index is 13.6. The minimum Gasteiger partial charge on any atom is -0.616 e. The molecule has 0 bridgehead atoms. The van der Waals surface area contributed by atoms with Crippen LogP contribution in [0.5, 0.6) is 0 Å². The van der Waals surface area contributed by atoms with Gasteiger partial charge in [0.05, 0.1) is 41.6 Å². The molecule has 10 heteroatoms. The van der Waals surface area contributed by atoms with Crippen LogP contribution in [0.15, 0.2) is 42.6 Å². The first kappa shape index (κ1) is 27.2. The highest BCUT2D eigenvalue weighted by Gasteiger charge is 2.54. The molecule has 1 aromatic carbocycles. The number of aromatic nitrogens is 2. The van der Waals surface area contributed by atoms with Gasteiger partial charge >= 0.3 is 0 Å². The first-order valence-corrected chi connectivity index (χ1v) is 16.2. The van der Waals surface area contributed by atoms with E-state index in [4.69, 9.17) is 4.98 Å². The molecule has 3 aliphatic rings. The minimum absolute atomic E-state index is 0.0613. The van der Waals surface area contributed by atoms with E-state index in [-0.39, 0.29) is 23.7 Å². The van der Waals surface area contributed by atoms with Crippen LogP contribution in [0.4, 0.5) is 10.1 Å². The van der Waals surface area contributed by atoms with Gasteiger partial charge in [0.25, 0.3) is 0 Å². The smallest absolute Gasteiger partial charge is 0.225 e. The van der Waals surface area contributed by atoms with Crippen LogP contribution in [0, 0.1) is 29.0 Å². The molecule has 1 aliphatic heterocycles. The molecular weight excluding hydrogens is 545 g/mol. The molecule has 208 valence electrons. The largest absolute Gasteiger partial charge is 0.616 e. The second kappa shape index (κ2) is 11.1. The molecule has 2 saturated carbocycles. The third kappa shape index (κ3) is 5.35. The second-order valence-electron chi connectivity index (χ2n) is 11.2. The molecule has 1 amide bonds. The van der Waals surface area contributed by atoms with Crippen molar-refractivity contribution in [2.75, 3.05) is 29.5 Å². The molecule has 3 unspecified atom stereocenters. The molecule has 40 heavy (non-hydrogen) atoms. The molecule has 2 aliphatic carbocycles. The van der Waals surface area contributed by atoms with Crippen molar-refractivity contribution in [1.82, 2.24) is 15.3 Å². The lowest BCUT2D eigenvalue weighted by atomic mass is 9.76. The van der Waals surface area contributed by atoms with Gasteiger partial charge in [-0.1, -0.05) is 43.1 Å². The summed E-state index contributed by atoms with van der Waals surface area (Å²) < 4.78 is 25.4. The zero-order valence-corrected chi connectivity index (χ0v) is 24.1. The fourth-order valence-corrected chi connectivity index (χ4v) is 8.16. The molecule has 3 heterocycles. The number of thiazole rings is 1. The Hall–Kier alpha value is -3.00. The van der Waals surface area contributed by atoms with E-state index in [1.165, 1.54) is 23.6 Å². The predicted molar refractivity (Wildman–Crippen MR) is 156 cm³/mol. The third-order valence-electron chi connectivity index (χ3n) is 8.58. The van der Waals surface area contributed by atoms with Crippen molar-refractivity contribution >= 4 is 34.1 Å². The standard InChI is InChI=1S/C30H32FN5O2S2/c1-19-16-30(19,18-32)35-28(37)24-5-3-2-4-23(24)26-27(39-29(34-26)25-11-8-21(31)17-33-25)20-6-9-22(10-7-20)36-12-14-40(38)15-13-36/h6-11,17,19,23-24H,2-5,12-16H2,1H3,(H,35,37)/t19?,23-,24?,30?/m1/s1. The Kier molecular flexibility index (Phi) is 7.55. The lowest BCUT2D eigenvalue weighted by molar-refractivity contribution is -0.127. The van der Waals surface area contributed by atoms with Gasteiger partial charge in [0.2, 0.25) is 5.91 Å². The summed E-state index contributed by atoms with van der Waals surface area (Å²) >= 11 is 0.784. The van der Waals surface area contributed by atoms with Crippen molar-refractivity contribution in [3.05, 3.63) is 54.1 Å². The van der Waals surface area contributed by atoms with E-state index in [1.807, 2.05) is 6.92 Å². The molecule has 0 spiro atoms. The maximum atomic E-state index is 13.6. The summed E-state index contributed by atoms with van der Waals surface area (Å²) in [6, 6.07) is 13.7. The quantitative estimate of drug-likeness (QED) is 0.400. The Morgan fingerprint density at radius 2 is 1.93 bits per heavy atom. The maximum Gasteiger partial charge on any atom is 0.225 e. The summed E-state index contributed by atoms with van der Waals surface area (Å²) in [7, 11) is 0. The zero-order chi connectivity index (χ0) is 27.9. The Bertz CT molecular complexity index is 1420. The Balaban J connectivity index is 1.34. The number of hydrogen-bond acceptors (Lipinski definition) is 7. The lowest BCUT2D eigenvalue weighted by Gasteiger charge is -2.31. The van der Waals surface area contributed by atoms with E-state index in [0.29, 0.717) is 28.6 Å². The summed E-state index contributed by atoms with van der Waals surface area (Å²) in [6.45, 7) is 3.55. The Morgan fingerprint density at radius 1 is 1.20 bits per heavy atom. The van der Waals surface area contributed by atoms with Crippen LogP contribution in [0.25, 0.3) is 21.1 Å². The second-order valence-corrected chi connectivity index (χ2v) is 13.8. The first-order chi connectivity index (χ1) is 19.4.